The molecule has 0 bridgehead atoms. The van der Waals surface area contributed by atoms with Crippen LogP contribution < -0.4 is 6.15 Å². The first kappa shape index (κ1) is 14.1. The van der Waals surface area contributed by atoms with Crippen LogP contribution >= 0.6 is 15.9 Å². The summed E-state index contributed by atoms with van der Waals surface area (Å²) in [7, 11) is -3.66. The smallest absolute Gasteiger partial charge is 0.297 e. The third-order valence-corrected chi connectivity index (χ3v) is 2.94. The molecule has 0 saturated heterocycles. The molecule has 1 aromatic rings. The van der Waals surface area contributed by atoms with Gasteiger partial charge in [0.25, 0.3) is 10.1 Å². The standard InChI is InChI=1S/C9H7BrO3S.H3N/c10-7-4-8-13-14(11,12)9-5-2-1-3-6-9;/h1-3,5-6H,8H2;1H3. The first-order valence-corrected chi connectivity index (χ1v) is 5.90. The van der Waals surface area contributed by atoms with Gasteiger partial charge < -0.3 is 6.15 Å². The van der Waals surface area contributed by atoms with Gasteiger partial charge in [-0.1, -0.05) is 24.1 Å². The average molecular weight is 292 g/mol. The predicted octanol–water partition coefficient (Wildman–Crippen LogP) is 1.91. The van der Waals surface area contributed by atoms with E-state index in [0.717, 1.165) is 0 Å². The van der Waals surface area contributed by atoms with Crippen molar-refractivity contribution in [2.45, 2.75) is 4.90 Å². The van der Waals surface area contributed by atoms with E-state index in [1.165, 1.54) is 12.1 Å². The molecule has 82 valence electrons. The van der Waals surface area contributed by atoms with E-state index in [2.05, 4.69) is 30.9 Å². The maximum absolute atomic E-state index is 11.4. The fraction of sp³-hybridized carbons (Fsp3) is 0.111. The zero-order valence-electron chi connectivity index (χ0n) is 7.81. The molecule has 0 saturated carbocycles. The lowest BCUT2D eigenvalue weighted by Crippen LogP contribution is -2.06. The van der Waals surface area contributed by atoms with E-state index in [-0.39, 0.29) is 17.7 Å². The molecule has 0 amide bonds. The number of benzene rings is 1. The summed E-state index contributed by atoms with van der Waals surface area (Å²) < 4.78 is 27.4. The van der Waals surface area contributed by atoms with Crippen molar-refractivity contribution in [1.82, 2.24) is 6.15 Å². The fourth-order valence-corrected chi connectivity index (χ4v) is 1.74. The fourth-order valence-electron chi connectivity index (χ4n) is 0.790. The van der Waals surface area contributed by atoms with Crippen molar-refractivity contribution in [2.24, 2.45) is 0 Å². The molecule has 15 heavy (non-hydrogen) atoms. The number of rotatable bonds is 3. The first-order chi connectivity index (χ1) is 6.67. The van der Waals surface area contributed by atoms with Gasteiger partial charge in [-0.3, -0.25) is 4.18 Å². The molecule has 1 rings (SSSR count). The molecule has 0 aromatic heterocycles. The van der Waals surface area contributed by atoms with Gasteiger partial charge in [-0.2, -0.15) is 8.42 Å². The third kappa shape index (κ3) is 4.44. The van der Waals surface area contributed by atoms with Crippen LogP contribution in [-0.4, -0.2) is 15.0 Å². The van der Waals surface area contributed by atoms with Gasteiger partial charge in [-0.25, -0.2) is 0 Å². The van der Waals surface area contributed by atoms with Crippen molar-refractivity contribution in [3.8, 4) is 10.8 Å². The number of hydrogen-bond acceptors (Lipinski definition) is 4. The topological polar surface area (TPSA) is 78.4 Å². The number of halogens is 1. The summed E-state index contributed by atoms with van der Waals surface area (Å²) in [6.45, 7) is -0.150. The van der Waals surface area contributed by atoms with E-state index in [4.69, 9.17) is 0 Å². The highest BCUT2D eigenvalue weighted by atomic mass is 79.9. The summed E-state index contributed by atoms with van der Waals surface area (Å²) in [5.41, 5.74) is 0. The summed E-state index contributed by atoms with van der Waals surface area (Å²) in [4.78, 5) is 2.50. The normalized spacial score (nSPS) is 9.67. The van der Waals surface area contributed by atoms with Crippen LogP contribution in [0.5, 0.6) is 0 Å². The second-order valence-corrected chi connectivity index (χ2v) is 4.31. The Morgan fingerprint density at radius 1 is 1.27 bits per heavy atom. The Bertz CT molecular complexity index is 447. The van der Waals surface area contributed by atoms with Crippen molar-refractivity contribution in [3.63, 3.8) is 0 Å². The van der Waals surface area contributed by atoms with E-state index >= 15 is 0 Å². The Morgan fingerprint density at radius 2 is 1.87 bits per heavy atom. The zero-order chi connectivity index (χ0) is 10.4. The minimum atomic E-state index is -3.66. The van der Waals surface area contributed by atoms with Crippen LogP contribution in [0.3, 0.4) is 0 Å². The highest BCUT2D eigenvalue weighted by Gasteiger charge is 2.12. The van der Waals surface area contributed by atoms with Gasteiger partial charge in [0.1, 0.15) is 6.61 Å². The van der Waals surface area contributed by atoms with Crippen LogP contribution in [0.2, 0.25) is 0 Å². The second-order valence-electron chi connectivity index (χ2n) is 2.30. The molecule has 4 nitrogen and oxygen atoms in total. The summed E-state index contributed by atoms with van der Waals surface area (Å²) in [6, 6.07) is 7.93. The van der Waals surface area contributed by atoms with Crippen LogP contribution in [0.1, 0.15) is 0 Å². The van der Waals surface area contributed by atoms with Gasteiger partial charge in [0.15, 0.2) is 0 Å². The lowest BCUT2D eigenvalue weighted by atomic mass is 10.4. The Morgan fingerprint density at radius 3 is 2.40 bits per heavy atom. The molecule has 1 aromatic carbocycles. The largest absolute Gasteiger partial charge is 0.344 e. The van der Waals surface area contributed by atoms with Crippen LogP contribution in [0.15, 0.2) is 35.2 Å². The van der Waals surface area contributed by atoms with Gasteiger partial charge in [0, 0.05) is 15.9 Å². The van der Waals surface area contributed by atoms with Crippen LogP contribution in [-0.2, 0) is 14.3 Å². The Kier molecular flexibility index (Phi) is 6.20. The van der Waals surface area contributed by atoms with Crippen molar-refractivity contribution in [2.75, 3.05) is 6.61 Å². The van der Waals surface area contributed by atoms with Gasteiger partial charge >= 0.3 is 0 Å². The van der Waals surface area contributed by atoms with Gasteiger partial charge in [-0.05, 0) is 17.0 Å². The Balaban J connectivity index is 0.00000196. The summed E-state index contributed by atoms with van der Waals surface area (Å²) in [6.07, 6.45) is 0. The van der Waals surface area contributed by atoms with Crippen LogP contribution in [0.4, 0.5) is 0 Å². The molecule has 0 aliphatic rings. The van der Waals surface area contributed by atoms with Crippen LogP contribution in [0.25, 0.3) is 0 Å². The Hall–Kier alpha value is -0.870. The molecule has 0 radical (unpaired) electrons. The molecule has 0 spiro atoms. The minimum Gasteiger partial charge on any atom is -0.344 e. The highest BCUT2D eigenvalue weighted by molar-refractivity contribution is 9.12. The van der Waals surface area contributed by atoms with Gasteiger partial charge in [0.2, 0.25) is 0 Å². The van der Waals surface area contributed by atoms with E-state index < -0.39 is 10.1 Å². The lowest BCUT2D eigenvalue weighted by molar-refractivity contribution is 0.363. The monoisotopic (exact) mass is 291 g/mol. The van der Waals surface area contributed by atoms with Gasteiger partial charge in [-0.15, -0.1) is 0 Å². The van der Waals surface area contributed by atoms with Gasteiger partial charge in [0.05, 0.1) is 4.90 Å². The minimum absolute atomic E-state index is 0. The summed E-state index contributed by atoms with van der Waals surface area (Å²) in [5, 5.41) is 0. The first-order valence-electron chi connectivity index (χ1n) is 3.70. The van der Waals surface area contributed by atoms with Crippen molar-refractivity contribution >= 4 is 26.0 Å². The second kappa shape index (κ2) is 6.58. The molecule has 0 fully saturated rings. The molecule has 0 aliphatic heterocycles. The quantitative estimate of drug-likeness (QED) is 0.682. The molecular weight excluding hydrogens is 282 g/mol. The van der Waals surface area contributed by atoms with Crippen molar-refractivity contribution < 1.29 is 12.6 Å². The molecule has 0 aliphatic carbocycles. The highest BCUT2D eigenvalue weighted by Crippen LogP contribution is 2.10. The maximum atomic E-state index is 11.4. The maximum Gasteiger partial charge on any atom is 0.297 e. The van der Waals surface area contributed by atoms with Crippen molar-refractivity contribution in [1.29, 1.82) is 0 Å². The van der Waals surface area contributed by atoms with E-state index in [1.54, 1.807) is 18.2 Å². The van der Waals surface area contributed by atoms with Crippen LogP contribution in [0, 0.1) is 10.8 Å². The molecule has 6 heteroatoms. The molecule has 0 heterocycles. The summed E-state index contributed by atoms with van der Waals surface area (Å²) >= 11 is 2.84. The molecule has 0 unspecified atom stereocenters. The molecule has 3 N–H and O–H groups in total. The van der Waals surface area contributed by atoms with E-state index in [1.807, 2.05) is 0 Å². The molecular formula is C9H10BrNO3S. The Labute approximate surface area is 97.5 Å². The molecule has 0 atom stereocenters. The van der Waals surface area contributed by atoms with E-state index in [0.29, 0.717) is 0 Å². The van der Waals surface area contributed by atoms with Crippen molar-refractivity contribution in [3.05, 3.63) is 30.3 Å². The predicted molar refractivity (Wildman–Crippen MR) is 61.3 cm³/mol. The zero-order valence-corrected chi connectivity index (χ0v) is 10.2. The number of hydrogen-bond donors (Lipinski definition) is 1. The third-order valence-electron chi connectivity index (χ3n) is 1.38. The SMILES string of the molecule is N.O=S(=O)(OCC#CBr)c1ccccc1. The summed E-state index contributed by atoms with van der Waals surface area (Å²) in [5.74, 6) is 2.44. The van der Waals surface area contributed by atoms with E-state index in [9.17, 15) is 8.42 Å². The lowest BCUT2D eigenvalue weighted by Gasteiger charge is -2.01. The average Bonchev–Trinajstić information content (AvgIpc) is 2.19.